The van der Waals surface area contributed by atoms with Crippen molar-refractivity contribution < 1.29 is 31.5 Å². The number of piperidine rings is 1. The van der Waals surface area contributed by atoms with E-state index in [0.717, 1.165) is 0 Å². The molecule has 1 saturated carbocycles. The number of carbonyl (C=O) groups is 2. The van der Waals surface area contributed by atoms with Gasteiger partial charge in [-0.15, -0.1) is 11.6 Å². The number of aromatic nitrogens is 6. The van der Waals surface area contributed by atoms with Crippen LogP contribution in [0.15, 0.2) is 18.5 Å². The van der Waals surface area contributed by atoms with E-state index < -0.39 is 60.1 Å². The molecule has 4 atom stereocenters. The van der Waals surface area contributed by atoms with Crippen molar-refractivity contribution in [2.24, 2.45) is 17.8 Å². The molecule has 0 spiro atoms. The Morgan fingerprint density at radius 1 is 1.26 bits per heavy atom. The molecule has 1 aliphatic heterocycles. The Morgan fingerprint density at radius 2 is 1.98 bits per heavy atom. The van der Waals surface area contributed by atoms with Crippen LogP contribution in [0.2, 0.25) is 0 Å². The number of alkyl halides is 6. The summed E-state index contributed by atoms with van der Waals surface area (Å²) in [6.45, 7) is 3.42. The highest BCUT2D eigenvalue weighted by Crippen LogP contribution is 2.41. The lowest BCUT2D eigenvalue weighted by molar-refractivity contribution is -0.183. The third kappa shape index (κ3) is 6.75. The molecule has 5 rings (SSSR count). The zero-order chi connectivity index (χ0) is 31.1. The van der Waals surface area contributed by atoms with Crippen molar-refractivity contribution in [3.63, 3.8) is 0 Å². The minimum atomic E-state index is -4.46. The van der Waals surface area contributed by atoms with Crippen molar-refractivity contribution in [1.29, 1.82) is 0 Å². The average Bonchev–Trinajstić information content (AvgIpc) is 3.58. The predicted molar refractivity (Wildman–Crippen MR) is 144 cm³/mol. The number of hydrogen-bond acceptors (Lipinski definition) is 6. The first-order chi connectivity index (χ1) is 20.3. The number of aryl methyl sites for hydroxylation is 1. The molecular formula is C27H32ClF5N8O2. The second-order valence-electron chi connectivity index (χ2n) is 11.3. The molecule has 1 saturated heterocycles. The lowest BCUT2D eigenvalue weighted by Gasteiger charge is -2.33. The molecule has 4 heterocycles. The van der Waals surface area contributed by atoms with Gasteiger partial charge in [0.1, 0.15) is 5.69 Å². The van der Waals surface area contributed by atoms with E-state index in [1.165, 1.54) is 21.6 Å². The minimum Gasteiger partial charge on any atom is -0.355 e. The van der Waals surface area contributed by atoms with Crippen LogP contribution in [0.3, 0.4) is 0 Å². The lowest BCUT2D eigenvalue weighted by atomic mass is 9.81. The van der Waals surface area contributed by atoms with Gasteiger partial charge in [0.05, 0.1) is 40.6 Å². The Morgan fingerprint density at radius 3 is 2.63 bits per heavy atom. The normalized spacial score (nSPS) is 22.7. The van der Waals surface area contributed by atoms with Gasteiger partial charge in [0, 0.05) is 44.5 Å². The van der Waals surface area contributed by atoms with Gasteiger partial charge in [0.25, 0.3) is 11.7 Å². The molecule has 0 bridgehead atoms. The molecule has 2 aliphatic rings. The monoisotopic (exact) mass is 630 g/mol. The highest BCUT2D eigenvalue weighted by Gasteiger charge is 2.45. The summed E-state index contributed by atoms with van der Waals surface area (Å²) in [5, 5.41) is 13.2. The van der Waals surface area contributed by atoms with Crippen molar-refractivity contribution in [3.05, 3.63) is 41.2 Å². The second kappa shape index (κ2) is 12.0. The number of fused-ring (bicyclic) bond motifs is 1. The first-order valence-electron chi connectivity index (χ1n) is 14.2. The van der Waals surface area contributed by atoms with E-state index in [4.69, 9.17) is 11.6 Å². The number of nitrogens with zero attached hydrogens (tertiary/aromatic N) is 6. The summed E-state index contributed by atoms with van der Waals surface area (Å²) in [7, 11) is 0. The van der Waals surface area contributed by atoms with Crippen LogP contribution in [-0.2, 0) is 17.8 Å². The average molecular weight is 631 g/mol. The van der Waals surface area contributed by atoms with Gasteiger partial charge >= 0.3 is 6.18 Å². The van der Waals surface area contributed by atoms with Crippen molar-refractivity contribution >= 4 is 29.2 Å². The quantitative estimate of drug-likeness (QED) is 0.273. The Bertz CT molecular complexity index is 1480. The fourth-order valence-corrected chi connectivity index (χ4v) is 6.05. The van der Waals surface area contributed by atoms with Gasteiger partial charge in [-0.1, -0.05) is 0 Å². The first kappa shape index (κ1) is 31.1. The van der Waals surface area contributed by atoms with Gasteiger partial charge in [-0.3, -0.25) is 14.3 Å². The number of nitrogens with one attached hydrogen (secondary N) is 2. The van der Waals surface area contributed by atoms with Crippen LogP contribution < -0.4 is 10.6 Å². The molecule has 3 aromatic rings. The number of imidazole rings is 1. The Kier molecular flexibility index (Phi) is 8.65. The molecule has 3 aromatic heterocycles. The van der Waals surface area contributed by atoms with Crippen molar-refractivity contribution in [1.82, 2.24) is 40.0 Å². The summed E-state index contributed by atoms with van der Waals surface area (Å²) in [6.07, 6.45) is -2.34. The highest BCUT2D eigenvalue weighted by molar-refractivity contribution is 6.20. The van der Waals surface area contributed by atoms with Gasteiger partial charge in [-0.05, 0) is 45.1 Å². The molecule has 0 radical (unpaired) electrons. The van der Waals surface area contributed by atoms with Gasteiger partial charge in [0.2, 0.25) is 11.8 Å². The van der Waals surface area contributed by atoms with Crippen molar-refractivity contribution in [2.75, 3.05) is 6.54 Å². The molecular weight excluding hydrogens is 599 g/mol. The second-order valence-corrected chi connectivity index (χ2v) is 11.9. The molecule has 2 amide bonds. The van der Waals surface area contributed by atoms with Crippen LogP contribution in [0.4, 0.5) is 22.0 Å². The van der Waals surface area contributed by atoms with Crippen LogP contribution in [0.5, 0.6) is 0 Å². The van der Waals surface area contributed by atoms with E-state index in [9.17, 15) is 31.5 Å². The number of hydrogen-bond donors (Lipinski definition) is 2. The van der Waals surface area contributed by atoms with Crippen molar-refractivity contribution in [3.8, 4) is 0 Å². The van der Waals surface area contributed by atoms with Crippen molar-refractivity contribution in [2.45, 2.75) is 82.4 Å². The van der Waals surface area contributed by atoms with E-state index >= 15 is 0 Å². The van der Waals surface area contributed by atoms with Crippen LogP contribution in [0, 0.1) is 17.8 Å². The third-order valence-electron chi connectivity index (χ3n) is 8.26. The summed E-state index contributed by atoms with van der Waals surface area (Å²) in [5.41, 5.74) is 1.14. The summed E-state index contributed by atoms with van der Waals surface area (Å²) in [4.78, 5) is 34.9. The molecule has 2 fully saturated rings. The van der Waals surface area contributed by atoms with Gasteiger partial charge in [0.15, 0.2) is 0 Å². The first-order valence-corrected chi connectivity index (χ1v) is 14.6. The van der Waals surface area contributed by atoms with Gasteiger partial charge in [-0.2, -0.15) is 23.4 Å². The molecule has 43 heavy (non-hydrogen) atoms. The van der Waals surface area contributed by atoms with Crippen LogP contribution in [-0.4, -0.2) is 59.8 Å². The van der Waals surface area contributed by atoms with E-state index in [-0.39, 0.29) is 55.2 Å². The maximum absolute atomic E-state index is 14.0. The Balaban J connectivity index is 1.48. The Hall–Kier alpha value is -3.36. The zero-order valence-corrected chi connectivity index (χ0v) is 24.3. The maximum atomic E-state index is 14.0. The summed E-state index contributed by atoms with van der Waals surface area (Å²) < 4.78 is 71.1. The molecule has 10 nitrogen and oxygen atoms in total. The molecule has 16 heteroatoms. The number of carbonyl (C=O) groups excluding carboxylic acids is 2. The molecule has 234 valence electrons. The van der Waals surface area contributed by atoms with Gasteiger partial charge in [-0.25, -0.2) is 23.3 Å². The van der Waals surface area contributed by atoms with E-state index in [1.54, 1.807) is 13.0 Å². The van der Waals surface area contributed by atoms with Crippen LogP contribution in [0.1, 0.15) is 84.9 Å². The standard InChI is InChI=1S/C27H32ClF5N8O2/c1-3-40-20(6-9-35-40)24(43)37-22(15-4-7-26(29,30)8-5-15)19-13-41-25(36-19)38-21(14(2)28)18(39-41)11-16-10-17(27(31,32)33)12-34-23(16)42/h6,9,13-17,22H,3-5,7-8,10-12H2,1-2H3,(H,34,42)(H,37,43)/t14?,16-,17-,22+/m1/s1. The van der Waals surface area contributed by atoms with Gasteiger partial charge < -0.3 is 10.6 Å². The summed E-state index contributed by atoms with van der Waals surface area (Å²) >= 11 is 6.38. The summed E-state index contributed by atoms with van der Waals surface area (Å²) in [5.74, 6) is -6.67. The number of amides is 2. The van der Waals surface area contributed by atoms with Crippen LogP contribution in [0.25, 0.3) is 5.78 Å². The van der Waals surface area contributed by atoms with E-state index in [0.29, 0.717) is 17.9 Å². The number of rotatable bonds is 8. The van der Waals surface area contributed by atoms with Crippen LogP contribution >= 0.6 is 11.6 Å². The molecule has 2 N–H and O–H groups in total. The SMILES string of the molecule is CCn1nccc1C(=O)N[C@H](c1cn2nc(C[C@H]3C[C@@H](C(F)(F)F)CNC3=O)c(C(C)Cl)nc2n1)C1CCC(F)(F)CC1. The fourth-order valence-electron chi connectivity index (χ4n) is 5.88. The minimum absolute atomic E-state index is 0.113. The maximum Gasteiger partial charge on any atom is 0.393 e. The molecule has 1 aliphatic carbocycles. The largest absolute Gasteiger partial charge is 0.393 e. The fraction of sp³-hybridized carbons (Fsp3) is 0.630. The molecule has 1 unspecified atom stereocenters. The number of halogens is 6. The zero-order valence-electron chi connectivity index (χ0n) is 23.5. The third-order valence-corrected chi connectivity index (χ3v) is 8.47. The molecule has 0 aromatic carbocycles. The Labute approximate surface area is 248 Å². The lowest BCUT2D eigenvalue weighted by Crippen LogP contribution is -2.47. The predicted octanol–water partition coefficient (Wildman–Crippen LogP) is 4.79. The van der Waals surface area contributed by atoms with E-state index in [2.05, 4.69) is 30.8 Å². The summed E-state index contributed by atoms with van der Waals surface area (Å²) in [6, 6.07) is 0.798. The topological polar surface area (TPSA) is 119 Å². The smallest absolute Gasteiger partial charge is 0.355 e. The highest BCUT2D eigenvalue weighted by atomic mass is 35.5. The van der Waals surface area contributed by atoms with E-state index in [1.807, 2.05) is 6.92 Å².